The number of benzene rings is 1. The van der Waals surface area contributed by atoms with Gasteiger partial charge in [-0.3, -0.25) is 14.7 Å². The monoisotopic (exact) mass is 542 g/mol. The third-order valence-corrected chi connectivity index (χ3v) is 6.49. The minimum atomic E-state index is -0.0506. The van der Waals surface area contributed by atoms with E-state index in [1.807, 2.05) is 14.0 Å². The molecule has 6 nitrogen and oxygen atoms in total. The van der Waals surface area contributed by atoms with E-state index in [4.69, 9.17) is 4.74 Å². The molecular weight excluding hydrogens is 503 g/mol. The fourth-order valence-electron chi connectivity index (χ4n) is 4.70. The van der Waals surface area contributed by atoms with Crippen molar-refractivity contribution in [2.24, 2.45) is 16.8 Å². The molecule has 1 aromatic rings. The van der Waals surface area contributed by atoms with Gasteiger partial charge in [-0.05, 0) is 43.2 Å². The van der Waals surface area contributed by atoms with E-state index in [0.717, 1.165) is 57.9 Å². The molecule has 1 aromatic carbocycles. The molecule has 0 saturated carbocycles. The van der Waals surface area contributed by atoms with Crippen molar-refractivity contribution in [2.75, 3.05) is 39.8 Å². The summed E-state index contributed by atoms with van der Waals surface area (Å²) in [6, 6.07) is 9.26. The molecule has 2 heterocycles. The Morgan fingerprint density at radius 1 is 1.19 bits per heavy atom. The highest BCUT2D eigenvalue weighted by molar-refractivity contribution is 14.0. The molecule has 1 fully saturated rings. The molecule has 1 N–H and O–H groups in total. The summed E-state index contributed by atoms with van der Waals surface area (Å²) in [4.78, 5) is 21.4. The molecule has 0 radical (unpaired) electrons. The number of hydrogen-bond donors (Lipinski definition) is 1. The molecule has 0 aromatic heterocycles. The minimum absolute atomic E-state index is 0. The predicted octanol–water partition coefficient (Wildman–Crippen LogP) is 3.54. The summed E-state index contributed by atoms with van der Waals surface area (Å²) in [5.74, 6) is 1.47. The van der Waals surface area contributed by atoms with Crippen molar-refractivity contribution in [3.05, 3.63) is 35.4 Å². The zero-order valence-corrected chi connectivity index (χ0v) is 21.8. The van der Waals surface area contributed by atoms with Gasteiger partial charge in [-0.15, -0.1) is 24.0 Å². The quantitative estimate of drug-likeness (QED) is 0.258. The Kier molecular flexibility index (Phi) is 10.6. The molecule has 1 unspecified atom stereocenters. The smallest absolute Gasteiger partial charge is 0.309 e. The Balaban J connectivity index is 0.00000341. The van der Waals surface area contributed by atoms with Gasteiger partial charge in [0, 0.05) is 45.8 Å². The Morgan fingerprint density at radius 3 is 2.48 bits per heavy atom. The number of carbonyl (C=O) groups excluding carboxylic acids is 1. The van der Waals surface area contributed by atoms with E-state index in [2.05, 4.69) is 58.2 Å². The Bertz CT molecular complexity index is 732. The first-order chi connectivity index (χ1) is 14.5. The maximum atomic E-state index is 12.0. The van der Waals surface area contributed by atoms with E-state index in [1.54, 1.807) is 0 Å². The molecule has 3 rings (SSSR count). The van der Waals surface area contributed by atoms with Crippen molar-refractivity contribution < 1.29 is 9.53 Å². The van der Waals surface area contributed by atoms with Crippen molar-refractivity contribution in [1.82, 2.24) is 15.1 Å². The lowest BCUT2D eigenvalue weighted by Gasteiger charge is -2.39. The van der Waals surface area contributed by atoms with Crippen LogP contribution in [0.25, 0.3) is 0 Å². The van der Waals surface area contributed by atoms with E-state index in [9.17, 15) is 4.79 Å². The van der Waals surface area contributed by atoms with E-state index in [1.165, 1.54) is 11.1 Å². The van der Waals surface area contributed by atoms with Crippen LogP contribution >= 0.6 is 24.0 Å². The Labute approximate surface area is 204 Å². The summed E-state index contributed by atoms with van der Waals surface area (Å²) < 4.78 is 5.19. The number of fused-ring (bicyclic) bond motifs is 1. The summed E-state index contributed by atoms with van der Waals surface area (Å²) in [6.45, 7) is 11.6. The van der Waals surface area contributed by atoms with Crippen LogP contribution in [0.1, 0.15) is 44.7 Å². The van der Waals surface area contributed by atoms with E-state index in [0.29, 0.717) is 18.6 Å². The molecule has 2 aliphatic heterocycles. The van der Waals surface area contributed by atoms with Gasteiger partial charge in [0.2, 0.25) is 0 Å². The Morgan fingerprint density at radius 2 is 1.87 bits per heavy atom. The number of rotatable bonds is 6. The molecule has 0 bridgehead atoms. The van der Waals surface area contributed by atoms with Gasteiger partial charge in [0.1, 0.15) is 0 Å². The summed E-state index contributed by atoms with van der Waals surface area (Å²) >= 11 is 0. The number of nitrogens with zero attached hydrogens (tertiary/aromatic N) is 3. The van der Waals surface area contributed by atoms with Gasteiger partial charge >= 0.3 is 5.97 Å². The number of carbonyl (C=O) groups is 1. The van der Waals surface area contributed by atoms with Crippen LogP contribution in [0.15, 0.2) is 29.3 Å². The third-order valence-electron chi connectivity index (χ3n) is 6.49. The fraction of sp³-hybridized carbons (Fsp3) is 0.667. The standard InChI is InChI=1S/C24H38N4O2.HI/c1-5-30-23(29)20-11-13-27(14-12-20)24(25-4)26-16-22(18(2)3)28-15-10-19-8-6-7-9-21(19)17-28;/h6-9,18,20,22H,5,10-17H2,1-4H3,(H,25,26);1H. The number of halogens is 1. The van der Waals surface area contributed by atoms with Crippen LogP contribution in [-0.2, 0) is 22.5 Å². The number of likely N-dealkylation sites (tertiary alicyclic amines) is 1. The minimum Gasteiger partial charge on any atom is -0.466 e. The number of esters is 1. The topological polar surface area (TPSA) is 57.2 Å². The zero-order valence-electron chi connectivity index (χ0n) is 19.5. The average molecular weight is 543 g/mol. The number of hydrogen-bond acceptors (Lipinski definition) is 4. The molecule has 174 valence electrons. The number of ether oxygens (including phenoxy) is 1. The van der Waals surface area contributed by atoms with Crippen molar-refractivity contribution in [1.29, 1.82) is 0 Å². The first-order valence-electron chi connectivity index (χ1n) is 11.5. The van der Waals surface area contributed by atoms with Crippen LogP contribution in [-0.4, -0.2) is 67.6 Å². The molecule has 0 aliphatic carbocycles. The SMILES string of the molecule is CCOC(=O)C1CCN(C(=NC)NCC(C(C)C)N2CCc3ccccc3C2)CC1.I. The van der Waals surface area contributed by atoms with Gasteiger partial charge in [0.05, 0.1) is 12.5 Å². The normalized spacial score (nSPS) is 18.9. The fourth-order valence-corrected chi connectivity index (χ4v) is 4.70. The van der Waals surface area contributed by atoms with E-state index < -0.39 is 0 Å². The summed E-state index contributed by atoms with van der Waals surface area (Å²) in [7, 11) is 1.85. The van der Waals surface area contributed by atoms with Crippen LogP contribution < -0.4 is 5.32 Å². The van der Waals surface area contributed by atoms with Crippen molar-refractivity contribution in [3.8, 4) is 0 Å². The highest BCUT2D eigenvalue weighted by atomic mass is 127. The molecular formula is C24H39IN4O2. The maximum absolute atomic E-state index is 12.0. The van der Waals surface area contributed by atoms with Crippen molar-refractivity contribution in [2.45, 2.75) is 52.6 Å². The predicted molar refractivity (Wildman–Crippen MR) is 137 cm³/mol. The molecule has 1 saturated heterocycles. The van der Waals surface area contributed by atoms with Crippen molar-refractivity contribution in [3.63, 3.8) is 0 Å². The summed E-state index contributed by atoms with van der Waals surface area (Å²) in [6.07, 6.45) is 2.78. The molecule has 0 spiro atoms. The van der Waals surface area contributed by atoms with Crippen LogP contribution in [0, 0.1) is 11.8 Å². The summed E-state index contributed by atoms with van der Waals surface area (Å²) in [5.41, 5.74) is 2.95. The lowest BCUT2D eigenvalue weighted by molar-refractivity contribution is -0.149. The third kappa shape index (κ3) is 6.81. The second-order valence-corrected chi connectivity index (χ2v) is 8.74. The second kappa shape index (κ2) is 12.6. The first kappa shape index (κ1) is 25.9. The lowest BCUT2D eigenvalue weighted by Crippen LogP contribution is -2.52. The number of guanidine groups is 1. The molecule has 2 aliphatic rings. The molecule has 0 amide bonds. The maximum Gasteiger partial charge on any atom is 0.309 e. The van der Waals surface area contributed by atoms with Crippen LogP contribution in [0.3, 0.4) is 0 Å². The number of piperidine rings is 1. The first-order valence-corrected chi connectivity index (χ1v) is 11.5. The van der Waals surface area contributed by atoms with Gasteiger partial charge in [-0.1, -0.05) is 38.1 Å². The zero-order chi connectivity index (χ0) is 21.5. The largest absolute Gasteiger partial charge is 0.466 e. The van der Waals surface area contributed by atoms with Crippen molar-refractivity contribution >= 4 is 35.9 Å². The van der Waals surface area contributed by atoms with E-state index >= 15 is 0 Å². The molecule has 7 heteroatoms. The van der Waals surface area contributed by atoms with Gasteiger partial charge < -0.3 is 15.0 Å². The van der Waals surface area contributed by atoms with E-state index in [-0.39, 0.29) is 35.9 Å². The van der Waals surface area contributed by atoms with Gasteiger partial charge in [-0.2, -0.15) is 0 Å². The highest BCUT2D eigenvalue weighted by Crippen LogP contribution is 2.23. The number of nitrogens with one attached hydrogen (secondary N) is 1. The summed E-state index contributed by atoms with van der Waals surface area (Å²) in [5, 5.41) is 3.63. The second-order valence-electron chi connectivity index (χ2n) is 8.74. The van der Waals surface area contributed by atoms with Crippen LogP contribution in [0.4, 0.5) is 0 Å². The van der Waals surface area contributed by atoms with Gasteiger partial charge in [-0.25, -0.2) is 0 Å². The average Bonchev–Trinajstić information content (AvgIpc) is 2.76. The molecule has 1 atom stereocenters. The number of aliphatic imine (C=N–C) groups is 1. The lowest BCUT2D eigenvalue weighted by atomic mass is 9.95. The Hall–Kier alpha value is -1.35. The van der Waals surface area contributed by atoms with Crippen LogP contribution in [0.2, 0.25) is 0 Å². The molecule has 31 heavy (non-hydrogen) atoms. The van der Waals surface area contributed by atoms with Crippen LogP contribution in [0.5, 0.6) is 0 Å². The highest BCUT2D eigenvalue weighted by Gasteiger charge is 2.29. The van der Waals surface area contributed by atoms with Gasteiger partial charge in [0.25, 0.3) is 0 Å². The van der Waals surface area contributed by atoms with Gasteiger partial charge in [0.15, 0.2) is 5.96 Å².